The maximum atomic E-state index is 12.0. The van der Waals surface area contributed by atoms with Gasteiger partial charge in [-0.3, -0.25) is 0 Å². The smallest absolute Gasteiger partial charge is 0.358 e. The zero-order valence-electron chi connectivity index (χ0n) is 10.2. The lowest BCUT2D eigenvalue weighted by atomic mass is 9.89. The number of hydrogen-bond donors (Lipinski definition) is 0. The molecule has 1 aliphatic carbocycles. The van der Waals surface area contributed by atoms with Crippen LogP contribution in [0.2, 0.25) is 10.2 Å². The minimum Gasteiger partial charge on any atom is -0.458 e. The molecular weight excluding hydrogens is 273 g/mol. The van der Waals surface area contributed by atoms with Crippen molar-refractivity contribution in [1.29, 1.82) is 0 Å². The highest BCUT2D eigenvalue weighted by atomic mass is 35.5. The topological polar surface area (TPSA) is 39.2 Å². The van der Waals surface area contributed by atoms with E-state index in [4.69, 9.17) is 27.9 Å². The van der Waals surface area contributed by atoms with Crippen LogP contribution in [0.4, 0.5) is 0 Å². The molecule has 18 heavy (non-hydrogen) atoms. The molecule has 1 heterocycles. The van der Waals surface area contributed by atoms with Gasteiger partial charge in [0.05, 0.1) is 5.02 Å². The van der Waals surface area contributed by atoms with Crippen LogP contribution >= 0.6 is 23.2 Å². The van der Waals surface area contributed by atoms with Crippen LogP contribution in [0.15, 0.2) is 12.1 Å². The molecule has 98 valence electrons. The monoisotopic (exact) mass is 287 g/mol. The summed E-state index contributed by atoms with van der Waals surface area (Å²) in [6, 6.07) is 3.10. The molecule has 1 fully saturated rings. The van der Waals surface area contributed by atoms with Crippen LogP contribution in [-0.2, 0) is 4.74 Å². The first-order valence-electron chi connectivity index (χ1n) is 6.09. The highest BCUT2D eigenvalue weighted by molar-refractivity contribution is 6.34. The summed E-state index contributed by atoms with van der Waals surface area (Å²) in [5.74, 6) is 0.112. The molecule has 0 amide bonds. The quantitative estimate of drug-likeness (QED) is 0.607. The maximum absolute atomic E-state index is 12.0. The van der Waals surface area contributed by atoms with Crippen LogP contribution in [-0.4, -0.2) is 17.1 Å². The van der Waals surface area contributed by atoms with Gasteiger partial charge in [0.2, 0.25) is 0 Å². The van der Waals surface area contributed by atoms with E-state index >= 15 is 0 Å². The van der Waals surface area contributed by atoms with Gasteiger partial charge in [-0.15, -0.1) is 0 Å². The lowest BCUT2D eigenvalue weighted by Crippen LogP contribution is -2.25. The van der Waals surface area contributed by atoms with Gasteiger partial charge in [-0.25, -0.2) is 9.78 Å². The SMILES string of the molecule is CC1CCCC(OC(=O)c2nc(Cl)ccc2Cl)C1. The van der Waals surface area contributed by atoms with Gasteiger partial charge in [-0.05, 0) is 37.3 Å². The molecule has 0 radical (unpaired) electrons. The highest BCUT2D eigenvalue weighted by Gasteiger charge is 2.24. The Morgan fingerprint density at radius 1 is 1.39 bits per heavy atom. The fourth-order valence-electron chi connectivity index (χ4n) is 2.25. The molecule has 5 heteroatoms. The normalized spacial score (nSPS) is 23.7. The Kier molecular flexibility index (Phi) is 4.46. The molecule has 0 saturated heterocycles. The third kappa shape index (κ3) is 3.36. The third-order valence-electron chi connectivity index (χ3n) is 3.17. The summed E-state index contributed by atoms with van der Waals surface area (Å²) in [4.78, 5) is 15.9. The van der Waals surface area contributed by atoms with E-state index in [1.54, 1.807) is 12.1 Å². The average molecular weight is 288 g/mol. The van der Waals surface area contributed by atoms with E-state index in [0.717, 1.165) is 19.3 Å². The first kappa shape index (κ1) is 13.6. The van der Waals surface area contributed by atoms with Crippen molar-refractivity contribution in [2.24, 2.45) is 5.92 Å². The van der Waals surface area contributed by atoms with Gasteiger partial charge >= 0.3 is 5.97 Å². The molecule has 1 aliphatic rings. The molecule has 0 N–H and O–H groups in total. The summed E-state index contributed by atoms with van der Waals surface area (Å²) in [7, 11) is 0. The fraction of sp³-hybridized carbons (Fsp3) is 0.538. The second-order valence-corrected chi connectivity index (χ2v) is 5.56. The number of halogens is 2. The molecule has 3 nitrogen and oxygen atoms in total. The zero-order valence-corrected chi connectivity index (χ0v) is 11.7. The van der Waals surface area contributed by atoms with Gasteiger partial charge in [0.25, 0.3) is 0 Å². The van der Waals surface area contributed by atoms with Crippen molar-refractivity contribution in [3.8, 4) is 0 Å². The molecular formula is C13H15Cl2NO2. The zero-order chi connectivity index (χ0) is 13.1. The number of rotatable bonds is 2. The molecule has 2 rings (SSSR count). The number of esters is 1. The van der Waals surface area contributed by atoms with E-state index in [2.05, 4.69) is 11.9 Å². The van der Waals surface area contributed by atoms with Gasteiger partial charge in [-0.2, -0.15) is 0 Å². The Morgan fingerprint density at radius 2 is 2.17 bits per heavy atom. The number of nitrogens with zero attached hydrogens (tertiary/aromatic N) is 1. The Labute approximate surface area is 116 Å². The third-order valence-corrected chi connectivity index (χ3v) is 3.68. The first-order chi connectivity index (χ1) is 8.56. The molecule has 1 aromatic heterocycles. The first-order valence-corrected chi connectivity index (χ1v) is 6.85. The molecule has 0 bridgehead atoms. The van der Waals surface area contributed by atoms with Crippen molar-refractivity contribution in [2.75, 3.05) is 0 Å². The summed E-state index contributed by atoms with van der Waals surface area (Å²) in [6.45, 7) is 2.17. The van der Waals surface area contributed by atoms with Crippen molar-refractivity contribution in [3.63, 3.8) is 0 Å². The van der Waals surface area contributed by atoms with E-state index in [-0.39, 0.29) is 22.0 Å². The Morgan fingerprint density at radius 3 is 2.89 bits per heavy atom. The predicted octanol–water partition coefficient (Wildman–Crippen LogP) is 4.12. The lowest BCUT2D eigenvalue weighted by Gasteiger charge is -2.26. The second kappa shape index (κ2) is 5.89. The van der Waals surface area contributed by atoms with Crippen molar-refractivity contribution in [1.82, 2.24) is 4.98 Å². The summed E-state index contributed by atoms with van der Waals surface area (Å²) >= 11 is 11.7. The molecule has 2 unspecified atom stereocenters. The van der Waals surface area contributed by atoms with Crippen LogP contribution < -0.4 is 0 Å². The van der Waals surface area contributed by atoms with E-state index in [1.165, 1.54) is 6.42 Å². The maximum Gasteiger partial charge on any atom is 0.358 e. The number of pyridine rings is 1. The van der Waals surface area contributed by atoms with Crippen molar-refractivity contribution in [3.05, 3.63) is 28.0 Å². The molecule has 0 aromatic carbocycles. The summed E-state index contributed by atoms with van der Waals surface area (Å²) < 4.78 is 5.44. The van der Waals surface area contributed by atoms with Gasteiger partial charge < -0.3 is 4.74 Å². The number of aromatic nitrogens is 1. The number of carbonyl (C=O) groups is 1. The number of carbonyl (C=O) groups excluding carboxylic acids is 1. The Hall–Kier alpha value is -0.800. The largest absolute Gasteiger partial charge is 0.458 e. The summed E-state index contributed by atoms with van der Waals surface area (Å²) in [5.41, 5.74) is 0.0994. The Balaban J connectivity index is 2.05. The van der Waals surface area contributed by atoms with Gasteiger partial charge in [0.15, 0.2) is 5.69 Å². The molecule has 1 saturated carbocycles. The molecule has 0 spiro atoms. The minimum absolute atomic E-state index is 0.0295. The summed E-state index contributed by atoms with van der Waals surface area (Å²) in [5, 5.41) is 0.511. The molecule has 2 atom stereocenters. The fourth-order valence-corrected chi connectivity index (χ4v) is 2.58. The van der Waals surface area contributed by atoms with Crippen LogP contribution in [0.25, 0.3) is 0 Å². The van der Waals surface area contributed by atoms with Crippen molar-refractivity contribution < 1.29 is 9.53 Å². The van der Waals surface area contributed by atoms with E-state index in [1.807, 2.05) is 0 Å². The summed E-state index contributed by atoms with van der Waals surface area (Å²) in [6.07, 6.45) is 4.08. The van der Waals surface area contributed by atoms with Gasteiger partial charge in [0.1, 0.15) is 11.3 Å². The predicted molar refractivity (Wildman–Crippen MR) is 71.1 cm³/mol. The molecule has 1 aromatic rings. The van der Waals surface area contributed by atoms with Crippen molar-refractivity contribution in [2.45, 2.75) is 38.7 Å². The standard InChI is InChI=1S/C13H15Cl2NO2/c1-8-3-2-4-9(7-8)18-13(17)12-10(14)5-6-11(15)16-12/h5-6,8-9H,2-4,7H2,1H3. The number of ether oxygens (including phenoxy) is 1. The van der Waals surface area contributed by atoms with E-state index in [0.29, 0.717) is 5.92 Å². The van der Waals surface area contributed by atoms with E-state index < -0.39 is 5.97 Å². The second-order valence-electron chi connectivity index (χ2n) is 4.76. The average Bonchev–Trinajstić information content (AvgIpc) is 2.32. The van der Waals surface area contributed by atoms with Crippen LogP contribution in [0.3, 0.4) is 0 Å². The van der Waals surface area contributed by atoms with Crippen molar-refractivity contribution >= 4 is 29.2 Å². The molecule has 0 aliphatic heterocycles. The lowest BCUT2D eigenvalue weighted by molar-refractivity contribution is 0.0149. The van der Waals surface area contributed by atoms with Gasteiger partial charge in [-0.1, -0.05) is 36.5 Å². The van der Waals surface area contributed by atoms with Crippen LogP contribution in [0.5, 0.6) is 0 Å². The highest BCUT2D eigenvalue weighted by Crippen LogP contribution is 2.27. The minimum atomic E-state index is -0.485. The Bertz CT molecular complexity index is 451. The van der Waals surface area contributed by atoms with E-state index in [9.17, 15) is 4.79 Å². The van der Waals surface area contributed by atoms with Crippen LogP contribution in [0, 0.1) is 5.92 Å². The van der Waals surface area contributed by atoms with Gasteiger partial charge in [0, 0.05) is 0 Å². The van der Waals surface area contributed by atoms with Crippen LogP contribution in [0.1, 0.15) is 43.1 Å². The number of hydrogen-bond acceptors (Lipinski definition) is 3.